The summed E-state index contributed by atoms with van der Waals surface area (Å²) in [6.07, 6.45) is 10.7. The molecule has 1 N–H and O–H groups in total. The summed E-state index contributed by atoms with van der Waals surface area (Å²) in [7, 11) is 0. The number of rotatable bonds is 8. The van der Waals surface area contributed by atoms with Crippen molar-refractivity contribution in [3.05, 3.63) is 24.6 Å². The zero-order valence-electron chi connectivity index (χ0n) is 9.97. The minimum absolute atomic E-state index is 0.869. The summed E-state index contributed by atoms with van der Waals surface area (Å²) >= 11 is 0. The summed E-state index contributed by atoms with van der Waals surface area (Å²) in [5.74, 6) is 0.869. The number of allylic oxidation sites excluding steroid dienone is 2. The Hall–Kier alpha value is -0.720. The second-order valence-corrected chi connectivity index (χ2v) is 4.01. The van der Waals surface area contributed by atoms with Gasteiger partial charge < -0.3 is 5.32 Å². The Bertz CT molecular complexity index is 164. The largest absolute Gasteiger partial charge is 0.366 e. The van der Waals surface area contributed by atoms with Crippen LogP contribution in [-0.2, 0) is 0 Å². The Balaban J connectivity index is 3.68. The highest BCUT2D eigenvalue weighted by Crippen LogP contribution is 2.17. The van der Waals surface area contributed by atoms with Gasteiger partial charge in [0, 0.05) is 5.70 Å². The van der Waals surface area contributed by atoms with Crippen molar-refractivity contribution in [1.29, 1.82) is 0 Å². The highest BCUT2D eigenvalue weighted by molar-refractivity contribution is 4.93. The molecule has 0 amide bonds. The van der Waals surface area contributed by atoms with Crippen molar-refractivity contribution in [3.8, 4) is 0 Å². The molecule has 0 aromatic carbocycles. The van der Waals surface area contributed by atoms with E-state index < -0.39 is 0 Å². The number of hydrogen-bond donors (Lipinski definition) is 1. The summed E-state index contributed by atoms with van der Waals surface area (Å²) in [5, 5.41) is 3.11. The van der Waals surface area contributed by atoms with Crippen molar-refractivity contribution in [2.75, 3.05) is 0 Å². The van der Waals surface area contributed by atoms with Gasteiger partial charge in [0.25, 0.3) is 0 Å². The fourth-order valence-corrected chi connectivity index (χ4v) is 1.66. The molecule has 0 atom stereocenters. The first kappa shape index (κ1) is 13.3. The third-order valence-electron chi connectivity index (χ3n) is 2.31. The molecule has 82 valence electrons. The van der Waals surface area contributed by atoms with Crippen LogP contribution in [0.5, 0.6) is 0 Å². The Kier molecular flexibility index (Phi) is 8.40. The van der Waals surface area contributed by atoms with Crippen LogP contribution in [0, 0.1) is 5.92 Å². The van der Waals surface area contributed by atoms with Crippen LogP contribution in [0.25, 0.3) is 0 Å². The summed E-state index contributed by atoms with van der Waals surface area (Å²) in [6, 6.07) is 0. The second kappa shape index (κ2) is 8.86. The molecule has 0 unspecified atom stereocenters. The molecular weight excluding hydrogens is 170 g/mol. The Morgan fingerprint density at radius 1 is 1.29 bits per heavy atom. The smallest absolute Gasteiger partial charge is 0.00419 e. The monoisotopic (exact) mass is 195 g/mol. The fourth-order valence-electron chi connectivity index (χ4n) is 1.66. The lowest BCUT2D eigenvalue weighted by Gasteiger charge is -2.12. The molecule has 0 aromatic heterocycles. The van der Waals surface area contributed by atoms with Crippen molar-refractivity contribution in [2.45, 2.75) is 52.9 Å². The first-order valence-electron chi connectivity index (χ1n) is 5.77. The van der Waals surface area contributed by atoms with Gasteiger partial charge in [-0.05, 0) is 25.5 Å². The van der Waals surface area contributed by atoms with Gasteiger partial charge in [0.05, 0.1) is 0 Å². The van der Waals surface area contributed by atoms with Gasteiger partial charge >= 0.3 is 0 Å². The van der Waals surface area contributed by atoms with E-state index in [0.717, 1.165) is 11.6 Å². The summed E-state index contributed by atoms with van der Waals surface area (Å²) in [6.45, 7) is 10.3. The van der Waals surface area contributed by atoms with E-state index in [1.54, 1.807) is 0 Å². The Morgan fingerprint density at radius 2 is 1.86 bits per heavy atom. The molecule has 0 rings (SSSR count). The van der Waals surface area contributed by atoms with Crippen molar-refractivity contribution >= 4 is 0 Å². The third kappa shape index (κ3) is 7.90. The van der Waals surface area contributed by atoms with E-state index in [0.29, 0.717) is 0 Å². The van der Waals surface area contributed by atoms with Gasteiger partial charge in [0.15, 0.2) is 0 Å². The molecular formula is C13H25N. The molecule has 1 heteroatoms. The van der Waals surface area contributed by atoms with Crippen LogP contribution < -0.4 is 5.32 Å². The molecule has 14 heavy (non-hydrogen) atoms. The van der Waals surface area contributed by atoms with E-state index in [2.05, 4.69) is 31.8 Å². The summed E-state index contributed by atoms with van der Waals surface area (Å²) < 4.78 is 0. The highest BCUT2D eigenvalue weighted by atomic mass is 14.8. The topological polar surface area (TPSA) is 12.0 Å². The average molecular weight is 195 g/mol. The van der Waals surface area contributed by atoms with Crippen molar-refractivity contribution in [2.24, 2.45) is 5.92 Å². The van der Waals surface area contributed by atoms with Crippen molar-refractivity contribution < 1.29 is 0 Å². The SMILES string of the molecule is C=C(C)N/C=C\CC(CCC)CCC. The normalized spacial score (nSPS) is 11.1. The molecule has 1 nitrogen and oxygen atoms in total. The quantitative estimate of drug-likeness (QED) is 0.611. The zero-order chi connectivity index (χ0) is 10.8. The molecule has 0 aromatic rings. The van der Waals surface area contributed by atoms with Gasteiger partial charge in [0.1, 0.15) is 0 Å². The van der Waals surface area contributed by atoms with E-state index in [9.17, 15) is 0 Å². The molecule has 0 bridgehead atoms. The van der Waals surface area contributed by atoms with Crippen LogP contribution in [0.4, 0.5) is 0 Å². The molecule has 0 aliphatic heterocycles. The first-order valence-corrected chi connectivity index (χ1v) is 5.77. The second-order valence-electron chi connectivity index (χ2n) is 4.01. The summed E-state index contributed by atoms with van der Waals surface area (Å²) in [5.41, 5.74) is 1.00. The molecule has 0 spiro atoms. The third-order valence-corrected chi connectivity index (χ3v) is 2.31. The van der Waals surface area contributed by atoms with Crippen LogP contribution in [0.2, 0.25) is 0 Å². The zero-order valence-corrected chi connectivity index (χ0v) is 9.97. The maximum absolute atomic E-state index is 3.78. The standard InChI is InChI=1S/C13H25N/c1-5-8-13(9-6-2)10-7-11-14-12(3)4/h7,11,13-14H,3,5-6,8-10H2,1-2,4H3/b11-7-. The highest BCUT2D eigenvalue weighted by Gasteiger charge is 2.03. The maximum atomic E-state index is 3.78. The molecule has 0 fully saturated rings. The van der Waals surface area contributed by atoms with Crippen molar-refractivity contribution in [1.82, 2.24) is 5.32 Å². The van der Waals surface area contributed by atoms with Gasteiger partial charge in [-0.15, -0.1) is 0 Å². The minimum atomic E-state index is 0.869. The van der Waals surface area contributed by atoms with Gasteiger partial charge in [-0.25, -0.2) is 0 Å². The van der Waals surface area contributed by atoms with Crippen LogP contribution in [-0.4, -0.2) is 0 Å². The number of nitrogens with one attached hydrogen (secondary N) is 1. The van der Waals surface area contributed by atoms with Crippen LogP contribution in [0.1, 0.15) is 52.9 Å². The maximum Gasteiger partial charge on any atom is 0.00419 e. The van der Waals surface area contributed by atoms with Gasteiger partial charge in [0.2, 0.25) is 0 Å². The lowest BCUT2D eigenvalue weighted by molar-refractivity contribution is 0.445. The molecule has 0 aliphatic carbocycles. The minimum Gasteiger partial charge on any atom is -0.366 e. The molecule has 0 aliphatic rings. The predicted octanol–water partition coefficient (Wildman–Crippen LogP) is 4.23. The number of hydrogen-bond acceptors (Lipinski definition) is 1. The van der Waals surface area contributed by atoms with Crippen LogP contribution >= 0.6 is 0 Å². The van der Waals surface area contributed by atoms with E-state index in [1.165, 1.54) is 32.1 Å². The fraction of sp³-hybridized carbons (Fsp3) is 0.692. The van der Waals surface area contributed by atoms with Crippen LogP contribution in [0.3, 0.4) is 0 Å². The Morgan fingerprint density at radius 3 is 2.29 bits per heavy atom. The molecule has 0 saturated carbocycles. The molecule has 0 heterocycles. The van der Waals surface area contributed by atoms with Crippen LogP contribution in [0.15, 0.2) is 24.6 Å². The van der Waals surface area contributed by atoms with E-state index in [4.69, 9.17) is 0 Å². The molecule has 0 radical (unpaired) electrons. The van der Waals surface area contributed by atoms with Gasteiger partial charge in [-0.3, -0.25) is 0 Å². The predicted molar refractivity (Wildman–Crippen MR) is 65.0 cm³/mol. The van der Waals surface area contributed by atoms with E-state index >= 15 is 0 Å². The van der Waals surface area contributed by atoms with E-state index in [1.807, 2.05) is 13.1 Å². The lowest BCUT2D eigenvalue weighted by atomic mass is 9.95. The van der Waals surface area contributed by atoms with Crippen molar-refractivity contribution in [3.63, 3.8) is 0 Å². The molecule has 0 saturated heterocycles. The van der Waals surface area contributed by atoms with E-state index in [-0.39, 0.29) is 0 Å². The Labute approximate surface area is 89.3 Å². The first-order chi connectivity index (χ1) is 6.70. The lowest BCUT2D eigenvalue weighted by Crippen LogP contribution is -2.01. The van der Waals surface area contributed by atoms with Gasteiger partial charge in [-0.1, -0.05) is 52.2 Å². The van der Waals surface area contributed by atoms with Gasteiger partial charge in [-0.2, -0.15) is 0 Å². The average Bonchev–Trinajstić information content (AvgIpc) is 2.12. The summed E-state index contributed by atoms with van der Waals surface area (Å²) in [4.78, 5) is 0.